The van der Waals surface area contributed by atoms with Crippen molar-refractivity contribution in [2.45, 2.75) is 0 Å². The van der Waals surface area contributed by atoms with Crippen molar-refractivity contribution in [2.24, 2.45) is 0 Å². The van der Waals surface area contributed by atoms with Gasteiger partial charge in [-0.05, 0) is 106 Å². The molecule has 0 N–H and O–H groups in total. The Kier molecular flexibility index (Phi) is 8.43. The lowest BCUT2D eigenvalue weighted by Gasteiger charge is -2.26. The molecule has 0 aliphatic heterocycles. The molecule has 0 unspecified atom stereocenters. The van der Waals surface area contributed by atoms with E-state index >= 15 is 0 Å². The van der Waals surface area contributed by atoms with Gasteiger partial charge in [-0.25, -0.2) is 4.98 Å². The van der Waals surface area contributed by atoms with Crippen LogP contribution >= 0.6 is 0 Å². The van der Waals surface area contributed by atoms with Gasteiger partial charge in [-0.2, -0.15) is 0 Å². The third-order valence-electron chi connectivity index (χ3n) is 10.3. The van der Waals surface area contributed by atoms with Gasteiger partial charge in [-0.1, -0.05) is 121 Å². The summed E-state index contributed by atoms with van der Waals surface area (Å²) in [4.78, 5) is 17.0. The van der Waals surface area contributed by atoms with E-state index in [0.717, 1.165) is 78.8 Å². The van der Waals surface area contributed by atoms with Crippen molar-refractivity contribution in [3.05, 3.63) is 213 Å². The highest BCUT2D eigenvalue weighted by molar-refractivity contribution is 5.89. The van der Waals surface area contributed by atoms with Crippen LogP contribution in [0, 0.1) is 0 Å². The summed E-state index contributed by atoms with van der Waals surface area (Å²) in [7, 11) is 0. The van der Waals surface area contributed by atoms with E-state index in [1.807, 2.05) is 54.9 Å². The molecule has 0 fully saturated rings. The molecule has 0 saturated heterocycles. The van der Waals surface area contributed by atoms with Gasteiger partial charge in [0.05, 0.1) is 16.7 Å². The summed E-state index contributed by atoms with van der Waals surface area (Å²) < 4.78 is 2.16. The molecule has 0 amide bonds. The Labute approximate surface area is 325 Å². The number of fused-ring (bicyclic) bond motifs is 2. The van der Waals surface area contributed by atoms with E-state index in [4.69, 9.17) is 15.0 Å². The van der Waals surface area contributed by atoms with E-state index in [9.17, 15) is 0 Å². The molecule has 0 aliphatic carbocycles. The number of para-hydroxylation sites is 4. The van der Waals surface area contributed by atoms with Crippen molar-refractivity contribution < 1.29 is 0 Å². The normalized spacial score (nSPS) is 11.2. The van der Waals surface area contributed by atoms with E-state index < -0.39 is 0 Å². The summed E-state index contributed by atoms with van der Waals surface area (Å²) >= 11 is 0. The standard InChI is InChI=1S/C51H35N5/c1-3-13-43(14-4-1)55(46-30-25-36-11-7-8-12-40(36)33-46)45-28-23-38(24-29-45)37-19-21-39(22-20-37)41-26-31-47(52-34-41)42-27-32-49(53-35-42)51-54-48-17-9-10-18-50(48)56(51)44-15-5-2-6-16-44/h1-35H. The van der Waals surface area contributed by atoms with E-state index in [1.165, 1.54) is 10.8 Å². The average Bonchev–Trinajstić information content (AvgIpc) is 3.67. The summed E-state index contributed by atoms with van der Waals surface area (Å²) in [5.41, 5.74) is 13.5. The fourth-order valence-corrected chi connectivity index (χ4v) is 7.45. The highest BCUT2D eigenvalue weighted by atomic mass is 15.1. The number of hydrogen-bond donors (Lipinski definition) is 0. The van der Waals surface area contributed by atoms with Gasteiger partial charge in [0, 0.05) is 46.3 Å². The maximum absolute atomic E-state index is 4.96. The third-order valence-corrected chi connectivity index (χ3v) is 10.3. The lowest BCUT2D eigenvalue weighted by Crippen LogP contribution is -2.09. The molecule has 0 spiro atoms. The maximum Gasteiger partial charge on any atom is 0.164 e. The molecular formula is C51H35N5. The SMILES string of the molecule is c1ccc(N(c2ccc(-c3ccc(-c4ccc(-c5ccc(-c6nc7ccccc7n6-c6ccccc6)nc5)nc4)cc3)cc2)c2ccc3ccccc3c2)cc1. The Morgan fingerprint density at radius 2 is 0.911 bits per heavy atom. The van der Waals surface area contributed by atoms with Crippen LogP contribution in [0.1, 0.15) is 0 Å². The highest BCUT2D eigenvalue weighted by Gasteiger charge is 2.16. The van der Waals surface area contributed by atoms with Crippen LogP contribution in [-0.4, -0.2) is 19.5 Å². The minimum absolute atomic E-state index is 0.804. The first kappa shape index (κ1) is 33.0. The first-order valence-corrected chi connectivity index (χ1v) is 18.8. The van der Waals surface area contributed by atoms with Crippen LogP contribution in [0.25, 0.3) is 72.5 Å². The minimum atomic E-state index is 0.804. The second kappa shape index (κ2) is 14.3. The molecule has 0 aliphatic rings. The van der Waals surface area contributed by atoms with Gasteiger partial charge in [0.25, 0.3) is 0 Å². The Morgan fingerprint density at radius 3 is 1.62 bits per heavy atom. The zero-order valence-corrected chi connectivity index (χ0v) is 30.4. The Balaban J connectivity index is 0.872. The fourth-order valence-electron chi connectivity index (χ4n) is 7.45. The monoisotopic (exact) mass is 717 g/mol. The maximum atomic E-state index is 4.96. The minimum Gasteiger partial charge on any atom is -0.310 e. The van der Waals surface area contributed by atoms with Gasteiger partial charge in [0.2, 0.25) is 0 Å². The lowest BCUT2D eigenvalue weighted by molar-refractivity contribution is 1.08. The molecule has 0 atom stereocenters. The summed E-state index contributed by atoms with van der Waals surface area (Å²) in [6.07, 6.45) is 3.82. The molecule has 10 aromatic rings. The highest BCUT2D eigenvalue weighted by Crippen LogP contribution is 2.37. The largest absolute Gasteiger partial charge is 0.310 e. The number of hydrogen-bond acceptors (Lipinski definition) is 4. The second-order valence-electron chi connectivity index (χ2n) is 13.8. The van der Waals surface area contributed by atoms with Crippen LogP contribution in [-0.2, 0) is 0 Å². The fraction of sp³-hybridized carbons (Fsp3) is 0. The second-order valence-corrected chi connectivity index (χ2v) is 13.8. The molecule has 7 aromatic carbocycles. The van der Waals surface area contributed by atoms with Crippen molar-refractivity contribution in [3.8, 4) is 50.7 Å². The van der Waals surface area contributed by atoms with Gasteiger partial charge in [-0.15, -0.1) is 0 Å². The smallest absolute Gasteiger partial charge is 0.164 e. The van der Waals surface area contributed by atoms with Crippen molar-refractivity contribution in [2.75, 3.05) is 4.90 Å². The first-order valence-electron chi connectivity index (χ1n) is 18.8. The summed E-state index contributed by atoms with van der Waals surface area (Å²) in [6.45, 7) is 0. The molecule has 0 radical (unpaired) electrons. The number of aromatic nitrogens is 4. The van der Waals surface area contributed by atoms with Crippen molar-refractivity contribution in [1.29, 1.82) is 0 Å². The molecule has 56 heavy (non-hydrogen) atoms. The number of benzene rings is 7. The zero-order chi connectivity index (χ0) is 37.3. The van der Waals surface area contributed by atoms with E-state index in [0.29, 0.717) is 0 Å². The molecule has 264 valence electrons. The van der Waals surface area contributed by atoms with Gasteiger partial charge < -0.3 is 4.90 Å². The van der Waals surface area contributed by atoms with Gasteiger partial charge in [0.1, 0.15) is 5.69 Å². The predicted molar refractivity (Wildman–Crippen MR) is 231 cm³/mol. The van der Waals surface area contributed by atoms with Crippen molar-refractivity contribution in [1.82, 2.24) is 19.5 Å². The summed E-state index contributed by atoms with van der Waals surface area (Å²) in [6, 6.07) is 70.0. The van der Waals surface area contributed by atoms with Crippen molar-refractivity contribution in [3.63, 3.8) is 0 Å². The van der Waals surface area contributed by atoms with Gasteiger partial charge >= 0.3 is 0 Å². The predicted octanol–water partition coefficient (Wildman–Crippen LogP) is 13.1. The third kappa shape index (κ3) is 6.27. The number of pyridine rings is 2. The van der Waals surface area contributed by atoms with E-state index in [2.05, 4.69) is 167 Å². The molecular weight excluding hydrogens is 683 g/mol. The quantitative estimate of drug-likeness (QED) is 0.157. The number of anilines is 3. The molecule has 0 bridgehead atoms. The summed E-state index contributed by atoms with van der Waals surface area (Å²) in [5.74, 6) is 0.807. The lowest BCUT2D eigenvalue weighted by atomic mass is 10.0. The Bertz CT molecular complexity index is 2920. The Morgan fingerprint density at radius 1 is 0.375 bits per heavy atom. The van der Waals surface area contributed by atoms with E-state index in [1.54, 1.807) is 0 Å². The zero-order valence-electron chi connectivity index (χ0n) is 30.4. The molecule has 5 nitrogen and oxygen atoms in total. The van der Waals surface area contributed by atoms with Crippen molar-refractivity contribution >= 4 is 38.9 Å². The van der Waals surface area contributed by atoms with Crippen LogP contribution < -0.4 is 4.90 Å². The molecule has 5 heteroatoms. The molecule has 3 heterocycles. The topological polar surface area (TPSA) is 46.8 Å². The number of rotatable bonds is 8. The van der Waals surface area contributed by atoms with Crippen LogP contribution in [0.15, 0.2) is 213 Å². The number of imidazole rings is 1. The Hall–Kier alpha value is -7.63. The van der Waals surface area contributed by atoms with Crippen LogP contribution in [0.5, 0.6) is 0 Å². The van der Waals surface area contributed by atoms with Crippen LogP contribution in [0.3, 0.4) is 0 Å². The van der Waals surface area contributed by atoms with Gasteiger partial charge in [-0.3, -0.25) is 14.5 Å². The number of nitrogens with zero attached hydrogens (tertiary/aromatic N) is 5. The molecule has 10 rings (SSSR count). The summed E-state index contributed by atoms with van der Waals surface area (Å²) in [5, 5.41) is 2.45. The first-order chi connectivity index (χ1) is 27.7. The molecule has 0 saturated carbocycles. The average molecular weight is 718 g/mol. The van der Waals surface area contributed by atoms with E-state index in [-0.39, 0.29) is 0 Å². The molecule has 3 aromatic heterocycles. The van der Waals surface area contributed by atoms with Gasteiger partial charge in [0.15, 0.2) is 5.82 Å². The van der Waals surface area contributed by atoms with Crippen LogP contribution in [0.2, 0.25) is 0 Å². The van der Waals surface area contributed by atoms with Crippen LogP contribution in [0.4, 0.5) is 17.1 Å².